The van der Waals surface area contributed by atoms with E-state index >= 15 is 0 Å². The number of fused-ring (bicyclic) bond motifs is 1. The first-order valence-corrected chi connectivity index (χ1v) is 7.44. The van der Waals surface area contributed by atoms with Gasteiger partial charge in [-0.1, -0.05) is 11.6 Å². The van der Waals surface area contributed by atoms with Gasteiger partial charge in [-0.2, -0.15) is 0 Å². The number of halogens is 1. The highest BCUT2D eigenvalue weighted by molar-refractivity contribution is 7.97. The van der Waals surface area contributed by atoms with Crippen LogP contribution >= 0.6 is 23.5 Å². The summed E-state index contributed by atoms with van der Waals surface area (Å²) >= 11 is 7.46. The minimum atomic E-state index is 0.117. The van der Waals surface area contributed by atoms with Gasteiger partial charge in [0, 0.05) is 9.92 Å². The Bertz CT molecular complexity index is 790. The van der Waals surface area contributed by atoms with Gasteiger partial charge >= 0.3 is 0 Å². The van der Waals surface area contributed by atoms with Gasteiger partial charge in [-0.15, -0.1) is 0 Å². The Morgan fingerprint density at radius 1 is 1.24 bits per heavy atom. The summed E-state index contributed by atoms with van der Waals surface area (Å²) in [5.41, 5.74) is 2.27. The first-order valence-electron chi connectivity index (χ1n) is 6.24. The molecule has 2 aromatic carbocycles. The fourth-order valence-electron chi connectivity index (χ4n) is 1.97. The van der Waals surface area contributed by atoms with E-state index in [1.807, 2.05) is 25.2 Å². The average Bonchev–Trinajstić information content (AvgIpc) is 2.85. The van der Waals surface area contributed by atoms with Gasteiger partial charge in [0.05, 0.1) is 16.7 Å². The molecule has 5 nitrogen and oxygen atoms in total. The quantitative estimate of drug-likeness (QED) is 0.433. The van der Waals surface area contributed by atoms with E-state index in [1.54, 1.807) is 12.1 Å². The van der Waals surface area contributed by atoms with Crippen molar-refractivity contribution in [2.45, 2.75) is 4.90 Å². The lowest BCUT2D eigenvalue weighted by molar-refractivity contribution is 0.477. The number of anilines is 2. The first-order chi connectivity index (χ1) is 10.2. The molecule has 0 saturated carbocycles. The van der Waals surface area contributed by atoms with Gasteiger partial charge in [0.25, 0.3) is 0 Å². The molecule has 0 spiro atoms. The minimum absolute atomic E-state index is 0.117. The van der Waals surface area contributed by atoms with E-state index in [9.17, 15) is 5.11 Å². The van der Waals surface area contributed by atoms with Crippen LogP contribution in [0.1, 0.15) is 0 Å². The van der Waals surface area contributed by atoms with Gasteiger partial charge in [0.1, 0.15) is 5.75 Å². The lowest BCUT2D eigenvalue weighted by atomic mass is 10.3. The summed E-state index contributed by atoms with van der Waals surface area (Å²) in [6.45, 7) is 0. The van der Waals surface area contributed by atoms with E-state index in [4.69, 9.17) is 11.6 Å². The predicted molar refractivity (Wildman–Crippen MR) is 87.4 cm³/mol. The van der Waals surface area contributed by atoms with Crippen molar-refractivity contribution in [2.24, 2.45) is 0 Å². The van der Waals surface area contributed by atoms with Crippen LogP contribution in [0.2, 0.25) is 5.02 Å². The number of aromatic hydroxyl groups is 1. The van der Waals surface area contributed by atoms with Gasteiger partial charge in [-0.25, -0.2) is 4.98 Å². The molecule has 0 aliphatic rings. The molecule has 21 heavy (non-hydrogen) atoms. The smallest absolute Gasteiger partial charge is 0.205 e. The molecule has 7 heteroatoms. The lowest BCUT2D eigenvalue weighted by Gasteiger charge is -2.05. The van der Waals surface area contributed by atoms with Crippen LogP contribution in [-0.4, -0.2) is 22.1 Å². The van der Waals surface area contributed by atoms with Crippen molar-refractivity contribution in [3.63, 3.8) is 0 Å². The molecule has 0 unspecified atom stereocenters. The SMILES string of the molecule is CNSc1ccc2nc(Nc3cc(Cl)ccc3O)[nH]c2c1. The summed E-state index contributed by atoms with van der Waals surface area (Å²) in [6, 6.07) is 10.7. The second-order valence-corrected chi connectivity index (χ2v) is 5.88. The molecule has 3 aromatic rings. The normalized spacial score (nSPS) is 11.0. The second-order valence-electron chi connectivity index (χ2n) is 4.36. The maximum Gasteiger partial charge on any atom is 0.205 e. The Kier molecular flexibility index (Phi) is 3.92. The van der Waals surface area contributed by atoms with Crippen molar-refractivity contribution in [3.8, 4) is 5.75 Å². The van der Waals surface area contributed by atoms with Crippen molar-refractivity contribution in [2.75, 3.05) is 12.4 Å². The zero-order valence-corrected chi connectivity index (χ0v) is 12.7. The topological polar surface area (TPSA) is 73.0 Å². The zero-order chi connectivity index (χ0) is 14.8. The van der Waals surface area contributed by atoms with Crippen molar-refractivity contribution < 1.29 is 5.11 Å². The van der Waals surface area contributed by atoms with Crippen molar-refractivity contribution >= 4 is 46.2 Å². The number of nitrogens with one attached hydrogen (secondary N) is 3. The Morgan fingerprint density at radius 3 is 2.90 bits per heavy atom. The Balaban J connectivity index is 1.92. The molecule has 0 fully saturated rings. The molecule has 0 amide bonds. The zero-order valence-electron chi connectivity index (χ0n) is 11.1. The number of phenolic OH excluding ortho intramolecular Hbond substituents is 1. The third-order valence-electron chi connectivity index (χ3n) is 2.88. The molecule has 108 valence electrons. The van der Waals surface area contributed by atoms with Gasteiger partial charge in [-0.3, -0.25) is 4.72 Å². The standard InChI is InChI=1S/C14H13ClN4OS/c1-16-21-9-3-4-10-11(7-9)18-14(17-10)19-12-6-8(15)2-5-13(12)20/h2-7,16,20H,1H3,(H2,17,18,19). The van der Waals surface area contributed by atoms with Crippen LogP contribution in [0.15, 0.2) is 41.3 Å². The molecule has 0 aliphatic carbocycles. The third kappa shape index (κ3) is 3.07. The Hall–Kier alpha value is -1.89. The number of rotatable bonds is 4. The summed E-state index contributed by atoms with van der Waals surface area (Å²) in [7, 11) is 1.87. The van der Waals surface area contributed by atoms with Gasteiger partial charge < -0.3 is 15.4 Å². The summed E-state index contributed by atoms with van der Waals surface area (Å²) in [4.78, 5) is 8.69. The molecular formula is C14H13ClN4OS. The minimum Gasteiger partial charge on any atom is -0.506 e. The molecule has 0 saturated heterocycles. The second kappa shape index (κ2) is 5.85. The van der Waals surface area contributed by atoms with Gasteiger partial charge in [-0.05, 0) is 55.4 Å². The number of hydrogen-bond donors (Lipinski definition) is 4. The molecule has 0 aliphatic heterocycles. The average molecular weight is 321 g/mol. The summed E-state index contributed by atoms with van der Waals surface area (Å²) in [5.74, 6) is 0.667. The van der Waals surface area contributed by atoms with Crippen molar-refractivity contribution in [1.29, 1.82) is 0 Å². The summed E-state index contributed by atoms with van der Waals surface area (Å²) in [6.07, 6.45) is 0. The highest BCUT2D eigenvalue weighted by Crippen LogP contribution is 2.29. The number of H-pyrrole nitrogens is 1. The van der Waals surface area contributed by atoms with Gasteiger partial charge in [0.15, 0.2) is 0 Å². The molecule has 1 heterocycles. The van der Waals surface area contributed by atoms with Crippen LogP contribution in [-0.2, 0) is 0 Å². The first kappa shape index (κ1) is 14.1. The van der Waals surface area contributed by atoms with Crippen LogP contribution < -0.4 is 10.0 Å². The number of imidazole rings is 1. The van der Waals surface area contributed by atoms with Crippen molar-refractivity contribution in [1.82, 2.24) is 14.7 Å². The number of benzene rings is 2. The van der Waals surface area contributed by atoms with E-state index in [-0.39, 0.29) is 5.75 Å². The van der Waals surface area contributed by atoms with Crippen molar-refractivity contribution in [3.05, 3.63) is 41.4 Å². The maximum atomic E-state index is 9.81. The highest BCUT2D eigenvalue weighted by atomic mass is 35.5. The Labute approximate surface area is 130 Å². The van der Waals surface area contributed by atoms with Crippen LogP contribution in [0, 0.1) is 0 Å². The summed E-state index contributed by atoms with van der Waals surface area (Å²) in [5, 5.41) is 13.4. The monoisotopic (exact) mass is 320 g/mol. The molecule has 0 radical (unpaired) electrons. The van der Waals surface area contributed by atoms with E-state index in [0.717, 1.165) is 15.9 Å². The number of aromatic amines is 1. The van der Waals surface area contributed by atoms with E-state index < -0.39 is 0 Å². The molecule has 1 aromatic heterocycles. The molecule has 0 atom stereocenters. The van der Waals surface area contributed by atoms with E-state index in [0.29, 0.717) is 16.7 Å². The summed E-state index contributed by atoms with van der Waals surface area (Å²) < 4.78 is 3.03. The number of nitrogens with zero attached hydrogens (tertiary/aromatic N) is 1. The highest BCUT2D eigenvalue weighted by Gasteiger charge is 2.07. The van der Waals surface area contributed by atoms with E-state index in [1.165, 1.54) is 18.0 Å². The predicted octanol–water partition coefficient (Wildman–Crippen LogP) is 3.89. The van der Waals surface area contributed by atoms with E-state index in [2.05, 4.69) is 20.0 Å². The van der Waals surface area contributed by atoms with Crippen LogP contribution in [0.3, 0.4) is 0 Å². The number of phenols is 1. The molecule has 3 rings (SSSR count). The van der Waals surface area contributed by atoms with Crippen LogP contribution in [0.25, 0.3) is 11.0 Å². The number of hydrogen-bond acceptors (Lipinski definition) is 5. The maximum absolute atomic E-state index is 9.81. The molecule has 0 bridgehead atoms. The van der Waals surface area contributed by atoms with Crippen LogP contribution in [0.5, 0.6) is 5.75 Å². The lowest BCUT2D eigenvalue weighted by Crippen LogP contribution is -1.92. The third-order valence-corrected chi connectivity index (χ3v) is 3.81. The fraction of sp³-hybridized carbons (Fsp3) is 0.0714. The fourth-order valence-corrected chi connectivity index (χ4v) is 2.69. The Morgan fingerprint density at radius 2 is 2.10 bits per heavy atom. The van der Waals surface area contributed by atoms with Gasteiger partial charge in [0.2, 0.25) is 5.95 Å². The molecule has 4 N–H and O–H groups in total. The van der Waals surface area contributed by atoms with Crippen LogP contribution in [0.4, 0.5) is 11.6 Å². The number of aromatic nitrogens is 2. The molecular weight excluding hydrogens is 308 g/mol. The largest absolute Gasteiger partial charge is 0.506 e.